The molecule has 0 bridgehead atoms. The van der Waals surface area contributed by atoms with Crippen LogP contribution in [0.4, 0.5) is 0 Å². The summed E-state index contributed by atoms with van der Waals surface area (Å²) in [6.07, 6.45) is 2.05. The fourth-order valence-electron chi connectivity index (χ4n) is 1.52. The van der Waals surface area contributed by atoms with Crippen LogP contribution in [-0.4, -0.2) is 16.2 Å². The minimum Gasteiger partial charge on any atom is -0.545 e. The second-order valence-corrected chi connectivity index (χ2v) is 3.92. The van der Waals surface area contributed by atoms with Gasteiger partial charge in [-0.05, 0) is 31.6 Å². The predicted octanol–water partition coefficient (Wildman–Crippen LogP) is 1.12. The summed E-state index contributed by atoms with van der Waals surface area (Å²) < 4.78 is 5.36. The number of benzene rings is 1. The molecule has 2 rings (SSSR count). The number of hydrogen-bond donors (Lipinski definition) is 0. The highest BCUT2D eigenvalue weighted by Crippen LogP contribution is 2.23. The smallest absolute Gasteiger partial charge is 0.248 e. The van der Waals surface area contributed by atoms with E-state index in [0.717, 1.165) is 22.8 Å². The number of hydrogen-bond acceptors (Lipinski definition) is 5. The van der Waals surface area contributed by atoms with E-state index in [0.29, 0.717) is 5.89 Å². The van der Waals surface area contributed by atoms with Crippen molar-refractivity contribution in [3.63, 3.8) is 0 Å². The molecule has 0 aliphatic carbocycles. The summed E-state index contributed by atoms with van der Waals surface area (Å²) in [4.78, 5) is 10.3. The molecule has 1 heterocycles. The van der Waals surface area contributed by atoms with Crippen molar-refractivity contribution in [2.45, 2.75) is 13.8 Å². The number of aryl methyl sites for hydroxylation is 2. The fourth-order valence-corrected chi connectivity index (χ4v) is 1.52. The number of carbonyl (C=O) groups is 1. The third-order valence-corrected chi connectivity index (χ3v) is 2.43. The summed E-state index contributed by atoms with van der Waals surface area (Å²) >= 11 is 0. The van der Waals surface area contributed by atoms with Gasteiger partial charge in [0, 0.05) is 11.6 Å². The lowest BCUT2D eigenvalue weighted by Gasteiger charge is -2.01. The number of nitrogens with zero attached hydrogens (tertiary/aromatic N) is 2. The van der Waals surface area contributed by atoms with Crippen LogP contribution >= 0.6 is 0 Å². The van der Waals surface area contributed by atoms with Crippen molar-refractivity contribution in [3.05, 3.63) is 41.3 Å². The van der Waals surface area contributed by atoms with Gasteiger partial charge in [-0.15, -0.1) is 10.2 Å². The van der Waals surface area contributed by atoms with Crippen molar-refractivity contribution in [1.29, 1.82) is 0 Å². The molecule has 0 fully saturated rings. The van der Waals surface area contributed by atoms with Crippen LogP contribution in [0.5, 0.6) is 0 Å². The van der Waals surface area contributed by atoms with Gasteiger partial charge in [0.15, 0.2) is 0 Å². The summed E-state index contributed by atoms with van der Waals surface area (Å²) in [6, 6.07) is 5.90. The molecule has 0 spiro atoms. The maximum Gasteiger partial charge on any atom is 0.248 e. The van der Waals surface area contributed by atoms with E-state index >= 15 is 0 Å². The van der Waals surface area contributed by atoms with Gasteiger partial charge in [-0.2, -0.15) is 0 Å². The van der Waals surface area contributed by atoms with Gasteiger partial charge in [0.1, 0.15) is 0 Å². The molecule has 0 aliphatic rings. The summed E-state index contributed by atoms with van der Waals surface area (Å²) in [5.74, 6) is -0.800. The predicted molar refractivity (Wildman–Crippen MR) is 63.2 cm³/mol. The quantitative estimate of drug-likeness (QED) is 0.754. The van der Waals surface area contributed by atoms with Gasteiger partial charge in [0.05, 0.1) is 5.97 Å². The SMILES string of the molecule is Cc1ccc(C)c(-c2nnc(/C=C/C(=O)[O-])o2)c1. The van der Waals surface area contributed by atoms with Gasteiger partial charge in [0.25, 0.3) is 0 Å². The molecule has 1 aromatic carbocycles. The highest BCUT2D eigenvalue weighted by Gasteiger charge is 2.09. The number of aromatic nitrogens is 2. The molecule has 0 unspecified atom stereocenters. The second kappa shape index (κ2) is 4.83. The Morgan fingerprint density at radius 2 is 2.11 bits per heavy atom. The highest BCUT2D eigenvalue weighted by atomic mass is 16.4. The molecule has 0 atom stereocenters. The van der Waals surface area contributed by atoms with E-state index < -0.39 is 5.97 Å². The monoisotopic (exact) mass is 243 g/mol. The van der Waals surface area contributed by atoms with Crippen LogP contribution in [0.15, 0.2) is 28.7 Å². The number of carbonyl (C=O) groups excluding carboxylic acids is 1. The molecule has 0 aliphatic heterocycles. The average molecular weight is 243 g/mol. The average Bonchev–Trinajstić information content (AvgIpc) is 2.78. The third kappa shape index (κ3) is 2.63. The lowest BCUT2D eigenvalue weighted by molar-refractivity contribution is -0.297. The zero-order valence-electron chi connectivity index (χ0n) is 10.0. The number of aliphatic carboxylic acids is 1. The molecule has 92 valence electrons. The molecule has 5 heteroatoms. The van der Waals surface area contributed by atoms with Crippen molar-refractivity contribution in [2.24, 2.45) is 0 Å². The van der Waals surface area contributed by atoms with Crippen LogP contribution < -0.4 is 5.11 Å². The van der Waals surface area contributed by atoms with E-state index in [1.54, 1.807) is 0 Å². The van der Waals surface area contributed by atoms with E-state index in [1.807, 2.05) is 32.0 Å². The first-order chi connectivity index (χ1) is 8.56. The summed E-state index contributed by atoms with van der Waals surface area (Å²) in [5.41, 5.74) is 2.94. The van der Waals surface area contributed by atoms with Gasteiger partial charge < -0.3 is 14.3 Å². The topological polar surface area (TPSA) is 79.0 Å². The van der Waals surface area contributed by atoms with Crippen LogP contribution in [0.25, 0.3) is 17.5 Å². The molecule has 0 N–H and O–H groups in total. The van der Waals surface area contributed by atoms with Crippen molar-refractivity contribution < 1.29 is 14.3 Å². The van der Waals surface area contributed by atoms with Crippen LogP contribution in [0.2, 0.25) is 0 Å². The van der Waals surface area contributed by atoms with Crippen molar-refractivity contribution in [2.75, 3.05) is 0 Å². The standard InChI is InChI=1S/C13H12N2O3/c1-8-3-4-9(2)10(7-8)13-15-14-11(18-13)5-6-12(16)17/h3-7H,1-2H3,(H,16,17)/p-1/b6-5+. The molecule has 0 radical (unpaired) electrons. The third-order valence-electron chi connectivity index (χ3n) is 2.43. The highest BCUT2D eigenvalue weighted by molar-refractivity contribution is 5.82. The van der Waals surface area contributed by atoms with Gasteiger partial charge in [-0.3, -0.25) is 0 Å². The van der Waals surface area contributed by atoms with E-state index in [9.17, 15) is 9.90 Å². The maximum absolute atomic E-state index is 10.3. The number of carboxylic acid groups (broad SMARTS) is 1. The van der Waals surface area contributed by atoms with Crippen LogP contribution in [-0.2, 0) is 4.79 Å². The van der Waals surface area contributed by atoms with Gasteiger partial charge >= 0.3 is 0 Å². The van der Waals surface area contributed by atoms with Gasteiger partial charge in [-0.1, -0.05) is 17.7 Å². The van der Waals surface area contributed by atoms with E-state index in [-0.39, 0.29) is 5.89 Å². The van der Waals surface area contributed by atoms with Crippen LogP contribution in [0.3, 0.4) is 0 Å². The molecule has 18 heavy (non-hydrogen) atoms. The Bertz CT molecular complexity index is 614. The van der Waals surface area contributed by atoms with Crippen LogP contribution in [0, 0.1) is 13.8 Å². The number of carboxylic acids is 1. The molecule has 0 saturated heterocycles. The van der Waals surface area contributed by atoms with E-state index in [2.05, 4.69) is 10.2 Å². The van der Waals surface area contributed by atoms with Crippen molar-refractivity contribution >= 4 is 12.0 Å². The van der Waals surface area contributed by atoms with E-state index in [4.69, 9.17) is 4.42 Å². The van der Waals surface area contributed by atoms with Gasteiger partial charge in [0.2, 0.25) is 11.8 Å². The molecular weight excluding hydrogens is 232 g/mol. The van der Waals surface area contributed by atoms with Crippen LogP contribution in [0.1, 0.15) is 17.0 Å². The first kappa shape index (κ1) is 12.0. The minimum atomic E-state index is -1.30. The lowest BCUT2D eigenvalue weighted by atomic mass is 10.1. The Balaban J connectivity index is 2.35. The van der Waals surface area contributed by atoms with E-state index in [1.165, 1.54) is 6.08 Å². The lowest BCUT2D eigenvalue weighted by Crippen LogP contribution is -2.18. The maximum atomic E-state index is 10.3. The first-order valence-electron chi connectivity index (χ1n) is 5.36. The molecular formula is C13H11N2O3-. The zero-order chi connectivity index (χ0) is 13.1. The Morgan fingerprint density at radius 1 is 1.33 bits per heavy atom. The summed E-state index contributed by atoms with van der Waals surface area (Å²) in [5, 5.41) is 17.9. The summed E-state index contributed by atoms with van der Waals surface area (Å²) in [7, 11) is 0. The van der Waals surface area contributed by atoms with Gasteiger partial charge in [-0.25, -0.2) is 0 Å². The summed E-state index contributed by atoms with van der Waals surface area (Å²) in [6.45, 7) is 3.91. The molecule has 0 amide bonds. The Labute approximate surface area is 104 Å². The molecule has 0 saturated carbocycles. The Kier molecular flexibility index (Phi) is 3.23. The second-order valence-electron chi connectivity index (χ2n) is 3.92. The fraction of sp³-hybridized carbons (Fsp3) is 0.154. The van der Waals surface area contributed by atoms with Crippen molar-refractivity contribution in [1.82, 2.24) is 10.2 Å². The first-order valence-corrected chi connectivity index (χ1v) is 5.36. The number of rotatable bonds is 3. The van der Waals surface area contributed by atoms with Crippen molar-refractivity contribution in [3.8, 4) is 11.5 Å². The normalized spacial score (nSPS) is 11.0. The molecule has 1 aromatic heterocycles. The molecule has 5 nitrogen and oxygen atoms in total. The Morgan fingerprint density at radius 3 is 2.83 bits per heavy atom. The largest absolute Gasteiger partial charge is 0.545 e. The minimum absolute atomic E-state index is 0.134. The zero-order valence-corrected chi connectivity index (χ0v) is 10.0. The molecule has 2 aromatic rings. The Hall–Kier alpha value is -2.43.